The number of amides is 3. The number of rotatable bonds is 5. The quantitative estimate of drug-likeness (QED) is 0.566. The second-order valence-electron chi connectivity index (χ2n) is 6.71. The summed E-state index contributed by atoms with van der Waals surface area (Å²) in [6.07, 6.45) is 4.28. The van der Waals surface area contributed by atoms with Crippen LogP contribution >= 0.6 is 11.8 Å². The van der Waals surface area contributed by atoms with Crippen LogP contribution in [0.1, 0.15) is 37.7 Å². The highest BCUT2D eigenvalue weighted by atomic mass is 32.2. The molecule has 2 aliphatic rings. The normalized spacial score (nSPS) is 21.7. The Hall–Kier alpha value is -1.69. The summed E-state index contributed by atoms with van der Waals surface area (Å²) in [5, 5.41) is 9.08. The van der Waals surface area contributed by atoms with Gasteiger partial charge in [0, 0.05) is 23.6 Å². The molecule has 0 radical (unpaired) electrons. The molecule has 0 unspecified atom stereocenters. The highest BCUT2D eigenvalue weighted by molar-refractivity contribution is 7.99. The van der Waals surface area contributed by atoms with Gasteiger partial charge in [-0.15, -0.1) is 11.8 Å². The fourth-order valence-electron chi connectivity index (χ4n) is 3.40. The molecular formula is C18H25N3O2S. The van der Waals surface area contributed by atoms with Crippen LogP contribution in [0, 0.1) is 6.92 Å². The van der Waals surface area contributed by atoms with E-state index in [1.54, 1.807) is 11.8 Å². The number of carbonyl (C=O) groups is 2. The van der Waals surface area contributed by atoms with Gasteiger partial charge in [-0.3, -0.25) is 4.79 Å². The van der Waals surface area contributed by atoms with Gasteiger partial charge in [0.2, 0.25) is 5.91 Å². The number of urea groups is 1. The summed E-state index contributed by atoms with van der Waals surface area (Å²) >= 11 is 1.73. The van der Waals surface area contributed by atoms with Crippen molar-refractivity contribution in [3.8, 4) is 0 Å². The SMILES string of the molecule is Cc1ccc(SCCNC(=O)N[C@@H]2CCC(=O)NC23CCC3)cc1. The Bertz CT molecular complexity index is 599. The van der Waals surface area contributed by atoms with Crippen molar-refractivity contribution in [1.29, 1.82) is 0 Å². The van der Waals surface area contributed by atoms with Gasteiger partial charge in [-0.1, -0.05) is 17.7 Å². The minimum absolute atomic E-state index is 0.0497. The third-order valence-electron chi connectivity index (χ3n) is 4.94. The van der Waals surface area contributed by atoms with Gasteiger partial charge < -0.3 is 16.0 Å². The lowest BCUT2D eigenvalue weighted by Gasteiger charge is -2.50. The molecule has 0 aromatic heterocycles. The summed E-state index contributed by atoms with van der Waals surface area (Å²) in [5.74, 6) is 0.950. The molecule has 0 bridgehead atoms. The van der Waals surface area contributed by atoms with E-state index in [4.69, 9.17) is 0 Å². The number of carbonyl (C=O) groups excluding carboxylic acids is 2. The highest BCUT2D eigenvalue weighted by Gasteiger charge is 2.48. The summed E-state index contributed by atoms with van der Waals surface area (Å²) in [7, 11) is 0. The molecule has 3 N–H and O–H groups in total. The summed E-state index contributed by atoms with van der Waals surface area (Å²) in [6.45, 7) is 2.69. The van der Waals surface area contributed by atoms with E-state index in [1.165, 1.54) is 10.5 Å². The van der Waals surface area contributed by atoms with Gasteiger partial charge in [-0.25, -0.2) is 4.79 Å². The average molecular weight is 347 g/mol. The first-order chi connectivity index (χ1) is 11.6. The molecule has 6 heteroatoms. The molecule has 1 saturated heterocycles. The fourth-order valence-corrected chi connectivity index (χ4v) is 4.17. The lowest BCUT2D eigenvalue weighted by molar-refractivity contribution is -0.127. The molecule has 24 heavy (non-hydrogen) atoms. The summed E-state index contributed by atoms with van der Waals surface area (Å²) in [6, 6.07) is 8.31. The van der Waals surface area contributed by atoms with Crippen LogP contribution in [0.4, 0.5) is 4.79 Å². The van der Waals surface area contributed by atoms with E-state index in [-0.39, 0.29) is 23.5 Å². The number of thioether (sulfide) groups is 1. The Morgan fingerprint density at radius 2 is 2.08 bits per heavy atom. The van der Waals surface area contributed by atoms with Crippen molar-refractivity contribution < 1.29 is 9.59 Å². The Labute approximate surface area is 147 Å². The van der Waals surface area contributed by atoms with Crippen LogP contribution in [0.3, 0.4) is 0 Å². The Morgan fingerprint density at radius 1 is 1.33 bits per heavy atom. The van der Waals surface area contributed by atoms with E-state index in [2.05, 4.69) is 47.1 Å². The number of hydrogen-bond donors (Lipinski definition) is 3. The minimum atomic E-state index is -0.191. The van der Waals surface area contributed by atoms with Crippen LogP contribution in [-0.2, 0) is 4.79 Å². The van der Waals surface area contributed by atoms with E-state index < -0.39 is 0 Å². The maximum absolute atomic E-state index is 12.1. The first kappa shape index (κ1) is 17.1. The molecule has 1 heterocycles. The minimum Gasteiger partial charge on any atom is -0.349 e. The zero-order valence-electron chi connectivity index (χ0n) is 14.1. The van der Waals surface area contributed by atoms with E-state index >= 15 is 0 Å². The van der Waals surface area contributed by atoms with Gasteiger partial charge in [-0.05, 0) is 44.7 Å². The Morgan fingerprint density at radius 3 is 2.75 bits per heavy atom. The molecule has 1 saturated carbocycles. The molecule has 2 fully saturated rings. The van der Waals surface area contributed by atoms with Gasteiger partial charge in [0.05, 0.1) is 11.6 Å². The third kappa shape index (κ3) is 4.04. The van der Waals surface area contributed by atoms with Crippen molar-refractivity contribution >= 4 is 23.7 Å². The van der Waals surface area contributed by atoms with Crippen molar-refractivity contribution in [2.45, 2.75) is 55.5 Å². The number of piperidine rings is 1. The van der Waals surface area contributed by atoms with Crippen molar-refractivity contribution in [3.05, 3.63) is 29.8 Å². The topological polar surface area (TPSA) is 70.2 Å². The summed E-state index contributed by atoms with van der Waals surface area (Å²) in [4.78, 5) is 25.0. The molecule has 1 aromatic rings. The van der Waals surface area contributed by atoms with Crippen molar-refractivity contribution in [1.82, 2.24) is 16.0 Å². The van der Waals surface area contributed by atoms with Gasteiger partial charge >= 0.3 is 6.03 Å². The van der Waals surface area contributed by atoms with Gasteiger partial charge in [0.1, 0.15) is 0 Å². The van der Waals surface area contributed by atoms with E-state index in [0.29, 0.717) is 13.0 Å². The first-order valence-electron chi connectivity index (χ1n) is 8.62. The van der Waals surface area contributed by atoms with Crippen molar-refractivity contribution in [2.24, 2.45) is 0 Å². The largest absolute Gasteiger partial charge is 0.349 e. The molecule has 3 amide bonds. The summed E-state index contributed by atoms with van der Waals surface area (Å²) in [5.41, 5.74) is 1.06. The van der Waals surface area contributed by atoms with Crippen LogP contribution in [0.25, 0.3) is 0 Å². The summed E-state index contributed by atoms with van der Waals surface area (Å²) < 4.78 is 0. The van der Waals surface area contributed by atoms with Gasteiger partial charge in [0.15, 0.2) is 0 Å². The smallest absolute Gasteiger partial charge is 0.315 e. The lowest BCUT2D eigenvalue weighted by atomic mass is 9.68. The second-order valence-corrected chi connectivity index (χ2v) is 7.88. The molecule has 1 aromatic carbocycles. The Kier molecular flexibility index (Phi) is 5.33. The van der Waals surface area contributed by atoms with Gasteiger partial charge in [0.25, 0.3) is 0 Å². The van der Waals surface area contributed by atoms with E-state index in [9.17, 15) is 9.59 Å². The zero-order valence-corrected chi connectivity index (χ0v) is 14.9. The van der Waals surface area contributed by atoms with Crippen LogP contribution in [-0.4, -0.2) is 35.8 Å². The molecule has 5 nitrogen and oxygen atoms in total. The maximum Gasteiger partial charge on any atom is 0.315 e. The first-order valence-corrected chi connectivity index (χ1v) is 9.61. The lowest BCUT2D eigenvalue weighted by Crippen LogP contribution is -2.69. The van der Waals surface area contributed by atoms with Gasteiger partial charge in [-0.2, -0.15) is 0 Å². The molecule has 1 atom stereocenters. The van der Waals surface area contributed by atoms with Crippen LogP contribution in [0.15, 0.2) is 29.2 Å². The van der Waals surface area contributed by atoms with Crippen LogP contribution in [0.2, 0.25) is 0 Å². The number of aryl methyl sites for hydroxylation is 1. The molecule has 130 valence electrons. The number of benzene rings is 1. The predicted molar refractivity (Wildman–Crippen MR) is 96.2 cm³/mol. The molecule has 1 aliphatic carbocycles. The van der Waals surface area contributed by atoms with E-state index in [0.717, 1.165) is 31.4 Å². The predicted octanol–water partition coefficient (Wildman–Crippen LogP) is 2.59. The second kappa shape index (κ2) is 7.47. The van der Waals surface area contributed by atoms with Crippen molar-refractivity contribution in [3.63, 3.8) is 0 Å². The van der Waals surface area contributed by atoms with Crippen molar-refractivity contribution in [2.75, 3.05) is 12.3 Å². The highest BCUT2D eigenvalue weighted by Crippen LogP contribution is 2.38. The molecule has 1 aliphatic heterocycles. The maximum atomic E-state index is 12.1. The Balaban J connectivity index is 1.39. The van der Waals surface area contributed by atoms with Crippen LogP contribution < -0.4 is 16.0 Å². The van der Waals surface area contributed by atoms with E-state index in [1.807, 2.05) is 0 Å². The average Bonchev–Trinajstić information content (AvgIpc) is 2.53. The monoisotopic (exact) mass is 347 g/mol. The number of nitrogens with one attached hydrogen (secondary N) is 3. The van der Waals surface area contributed by atoms with Crippen LogP contribution in [0.5, 0.6) is 0 Å². The third-order valence-corrected chi connectivity index (χ3v) is 5.96. The molecule has 3 rings (SSSR count). The fraction of sp³-hybridized carbons (Fsp3) is 0.556. The molecule has 1 spiro atoms. The molecular weight excluding hydrogens is 322 g/mol. The zero-order chi connectivity index (χ0) is 17.0. The standard InChI is InChI=1S/C18H25N3O2S/c1-13-3-5-14(6-4-13)24-12-11-19-17(23)20-15-7-8-16(22)21-18(15)9-2-10-18/h3-6,15H,2,7-12H2,1H3,(H,21,22)(H2,19,20,23)/t15-/m1/s1. The number of hydrogen-bond acceptors (Lipinski definition) is 3.